The van der Waals surface area contributed by atoms with Gasteiger partial charge in [-0.05, 0) is 19.9 Å². The molecule has 0 aliphatic rings. The van der Waals surface area contributed by atoms with E-state index in [0.717, 1.165) is 15.6 Å². The fraction of sp³-hybridized carbons (Fsp3) is 0.158. The number of thioether (sulfide) groups is 1. The van der Waals surface area contributed by atoms with Crippen molar-refractivity contribution >= 4 is 40.4 Å². The van der Waals surface area contributed by atoms with Crippen molar-refractivity contribution in [3.05, 3.63) is 69.1 Å². The van der Waals surface area contributed by atoms with Gasteiger partial charge in [0.1, 0.15) is 0 Å². The number of carbonyl (C=O) groups excluding carboxylic acids is 1. The Morgan fingerprint density at radius 3 is 2.67 bits per heavy atom. The largest absolute Gasteiger partial charge is 0.325 e. The number of rotatable bonds is 6. The number of carbonyl (C=O) groups is 1. The second kappa shape index (κ2) is 8.32. The minimum Gasteiger partial charge on any atom is -0.325 e. The first-order valence-electron chi connectivity index (χ1n) is 8.13. The molecule has 3 rings (SSSR count). The van der Waals surface area contributed by atoms with Crippen molar-refractivity contribution in [3.8, 4) is 11.3 Å². The van der Waals surface area contributed by atoms with Gasteiger partial charge in [0.2, 0.25) is 5.91 Å². The second-order valence-corrected chi connectivity index (χ2v) is 7.99. The Morgan fingerprint density at radius 1 is 1.22 bits per heavy atom. The van der Waals surface area contributed by atoms with E-state index in [1.165, 1.54) is 34.7 Å². The van der Waals surface area contributed by atoms with E-state index in [9.17, 15) is 14.9 Å². The number of thiazole rings is 1. The average Bonchev–Trinajstić information content (AvgIpc) is 3.11. The SMILES string of the molecule is Cc1ccc(-c2csc(SCC(=O)Nc3cccc([N+](=O)[O-])c3C)n2)cc1. The molecule has 0 aliphatic heterocycles. The van der Waals surface area contributed by atoms with Crippen molar-refractivity contribution in [2.75, 3.05) is 11.1 Å². The highest BCUT2D eigenvalue weighted by molar-refractivity contribution is 8.01. The van der Waals surface area contributed by atoms with Crippen LogP contribution in [-0.2, 0) is 4.79 Å². The third-order valence-electron chi connectivity index (χ3n) is 3.93. The van der Waals surface area contributed by atoms with Crippen molar-refractivity contribution in [2.24, 2.45) is 0 Å². The number of benzene rings is 2. The van der Waals surface area contributed by atoms with Crippen LogP contribution in [0.15, 0.2) is 52.2 Å². The number of nitrogens with zero attached hydrogens (tertiary/aromatic N) is 2. The molecule has 1 N–H and O–H groups in total. The van der Waals surface area contributed by atoms with E-state index >= 15 is 0 Å². The van der Waals surface area contributed by atoms with Crippen LogP contribution in [0.25, 0.3) is 11.3 Å². The highest BCUT2D eigenvalue weighted by Crippen LogP contribution is 2.29. The molecule has 138 valence electrons. The summed E-state index contributed by atoms with van der Waals surface area (Å²) in [5, 5.41) is 15.7. The van der Waals surface area contributed by atoms with E-state index in [1.807, 2.05) is 36.6 Å². The van der Waals surface area contributed by atoms with Crippen LogP contribution in [0.1, 0.15) is 11.1 Å². The molecule has 6 nitrogen and oxygen atoms in total. The van der Waals surface area contributed by atoms with E-state index in [1.54, 1.807) is 19.1 Å². The maximum atomic E-state index is 12.2. The van der Waals surface area contributed by atoms with Gasteiger partial charge in [-0.25, -0.2) is 4.98 Å². The maximum absolute atomic E-state index is 12.2. The monoisotopic (exact) mass is 399 g/mol. The predicted molar refractivity (Wildman–Crippen MR) is 109 cm³/mol. The van der Waals surface area contributed by atoms with E-state index in [4.69, 9.17) is 0 Å². The molecule has 27 heavy (non-hydrogen) atoms. The summed E-state index contributed by atoms with van der Waals surface area (Å²) in [6.07, 6.45) is 0. The van der Waals surface area contributed by atoms with Crippen LogP contribution in [0, 0.1) is 24.0 Å². The smallest absolute Gasteiger partial charge is 0.274 e. The van der Waals surface area contributed by atoms with Gasteiger partial charge in [0, 0.05) is 17.0 Å². The lowest BCUT2D eigenvalue weighted by Gasteiger charge is -2.07. The van der Waals surface area contributed by atoms with Gasteiger partial charge in [0.15, 0.2) is 4.34 Å². The number of anilines is 1. The van der Waals surface area contributed by atoms with Crippen LogP contribution in [0.2, 0.25) is 0 Å². The van der Waals surface area contributed by atoms with Gasteiger partial charge in [-0.1, -0.05) is 47.7 Å². The van der Waals surface area contributed by atoms with Crippen molar-refractivity contribution in [2.45, 2.75) is 18.2 Å². The van der Waals surface area contributed by atoms with Crippen LogP contribution >= 0.6 is 23.1 Å². The van der Waals surface area contributed by atoms with E-state index in [-0.39, 0.29) is 17.3 Å². The number of aryl methyl sites for hydroxylation is 1. The molecule has 0 radical (unpaired) electrons. The van der Waals surface area contributed by atoms with E-state index < -0.39 is 4.92 Å². The van der Waals surface area contributed by atoms with Gasteiger partial charge in [-0.3, -0.25) is 14.9 Å². The third kappa shape index (κ3) is 4.72. The normalized spacial score (nSPS) is 10.6. The lowest BCUT2D eigenvalue weighted by molar-refractivity contribution is -0.385. The fourth-order valence-electron chi connectivity index (χ4n) is 2.45. The number of amides is 1. The van der Waals surface area contributed by atoms with Crippen molar-refractivity contribution in [3.63, 3.8) is 0 Å². The number of hydrogen-bond donors (Lipinski definition) is 1. The van der Waals surface area contributed by atoms with Crippen LogP contribution in [0.3, 0.4) is 0 Å². The van der Waals surface area contributed by atoms with Gasteiger partial charge in [0.25, 0.3) is 5.69 Å². The van der Waals surface area contributed by atoms with Crippen molar-refractivity contribution in [1.29, 1.82) is 0 Å². The van der Waals surface area contributed by atoms with Crippen LogP contribution in [0.4, 0.5) is 11.4 Å². The standard InChI is InChI=1S/C19H17N3O3S2/c1-12-6-8-14(9-7-12)16-10-26-19(21-16)27-11-18(23)20-15-4-3-5-17(13(15)2)22(24)25/h3-10H,11H2,1-2H3,(H,20,23). The lowest BCUT2D eigenvalue weighted by atomic mass is 10.1. The van der Waals surface area contributed by atoms with Crippen molar-refractivity contribution < 1.29 is 9.72 Å². The molecular formula is C19H17N3O3S2. The molecule has 0 unspecified atom stereocenters. The molecule has 0 bridgehead atoms. The Morgan fingerprint density at radius 2 is 1.96 bits per heavy atom. The zero-order valence-corrected chi connectivity index (χ0v) is 16.4. The molecule has 0 saturated heterocycles. The zero-order chi connectivity index (χ0) is 19.4. The second-order valence-electron chi connectivity index (χ2n) is 5.91. The minimum absolute atomic E-state index is 0.0110. The Hall–Kier alpha value is -2.71. The Bertz CT molecular complexity index is 984. The van der Waals surface area contributed by atoms with Crippen LogP contribution < -0.4 is 5.32 Å². The molecule has 0 atom stereocenters. The van der Waals surface area contributed by atoms with Gasteiger partial charge < -0.3 is 5.32 Å². The molecular weight excluding hydrogens is 382 g/mol. The van der Waals surface area contributed by atoms with E-state index in [0.29, 0.717) is 11.3 Å². The van der Waals surface area contributed by atoms with Gasteiger partial charge in [-0.15, -0.1) is 11.3 Å². The number of aromatic nitrogens is 1. The average molecular weight is 399 g/mol. The molecule has 0 spiro atoms. The minimum atomic E-state index is -0.456. The third-order valence-corrected chi connectivity index (χ3v) is 5.95. The first kappa shape index (κ1) is 19.1. The molecule has 2 aromatic carbocycles. The molecule has 3 aromatic rings. The summed E-state index contributed by atoms with van der Waals surface area (Å²) in [6.45, 7) is 3.66. The van der Waals surface area contributed by atoms with Gasteiger partial charge in [0.05, 0.1) is 27.6 Å². The summed E-state index contributed by atoms with van der Waals surface area (Å²) in [4.78, 5) is 27.3. The first-order valence-corrected chi connectivity index (χ1v) is 10.00. The van der Waals surface area contributed by atoms with Crippen LogP contribution in [-0.4, -0.2) is 21.6 Å². The zero-order valence-electron chi connectivity index (χ0n) is 14.8. The molecule has 1 amide bonds. The molecule has 0 fully saturated rings. The summed E-state index contributed by atoms with van der Waals surface area (Å²) >= 11 is 2.83. The van der Waals surface area contributed by atoms with Crippen molar-refractivity contribution in [1.82, 2.24) is 4.98 Å². The summed E-state index contributed by atoms with van der Waals surface area (Å²) in [5.74, 6) is -0.0427. The molecule has 0 aliphatic carbocycles. The summed E-state index contributed by atoms with van der Waals surface area (Å²) in [7, 11) is 0. The maximum Gasteiger partial charge on any atom is 0.274 e. The van der Waals surface area contributed by atoms with Gasteiger partial charge in [-0.2, -0.15) is 0 Å². The lowest BCUT2D eigenvalue weighted by Crippen LogP contribution is -2.15. The number of nitro groups is 1. The fourth-order valence-corrected chi connectivity index (χ4v) is 4.09. The molecule has 0 saturated carbocycles. The van der Waals surface area contributed by atoms with E-state index in [2.05, 4.69) is 10.3 Å². The topological polar surface area (TPSA) is 85.1 Å². The molecule has 1 heterocycles. The summed E-state index contributed by atoms with van der Waals surface area (Å²) in [6, 6.07) is 12.8. The predicted octanol–water partition coefficient (Wildman–Crippen LogP) is 5.07. The molecule has 8 heteroatoms. The summed E-state index contributed by atoms with van der Waals surface area (Å²) in [5.41, 5.74) is 4.00. The summed E-state index contributed by atoms with van der Waals surface area (Å²) < 4.78 is 0.802. The van der Waals surface area contributed by atoms with Crippen LogP contribution in [0.5, 0.6) is 0 Å². The van der Waals surface area contributed by atoms with Gasteiger partial charge >= 0.3 is 0 Å². The Balaban J connectivity index is 1.61. The quantitative estimate of drug-likeness (QED) is 0.355. The number of nitro benzene ring substituents is 1. The Labute approximate surface area is 164 Å². The Kier molecular flexibility index (Phi) is 5.88. The number of hydrogen-bond acceptors (Lipinski definition) is 6. The highest BCUT2D eigenvalue weighted by atomic mass is 32.2. The number of nitrogens with one attached hydrogen (secondary N) is 1. The molecule has 1 aromatic heterocycles. The first-order chi connectivity index (χ1) is 12.9. The highest BCUT2D eigenvalue weighted by Gasteiger charge is 2.15.